The summed E-state index contributed by atoms with van der Waals surface area (Å²) < 4.78 is 0. The third-order valence-corrected chi connectivity index (χ3v) is 2.68. The quantitative estimate of drug-likeness (QED) is 0.768. The Morgan fingerprint density at radius 3 is 2.87 bits per heavy atom. The van der Waals surface area contributed by atoms with Gasteiger partial charge in [-0.15, -0.1) is 0 Å². The van der Waals surface area contributed by atoms with E-state index < -0.39 is 0 Å². The fourth-order valence-electron chi connectivity index (χ4n) is 1.12. The Labute approximate surface area is 93.9 Å². The third-order valence-electron chi connectivity index (χ3n) is 2.06. The molecule has 0 spiro atoms. The van der Waals surface area contributed by atoms with E-state index in [4.69, 9.17) is 0 Å². The average molecular weight is 225 g/mol. The minimum atomic E-state index is -0.139. The molecule has 0 aliphatic carbocycles. The van der Waals surface area contributed by atoms with E-state index in [0.717, 1.165) is 11.3 Å². The molecule has 0 aliphatic rings. The van der Waals surface area contributed by atoms with Crippen LogP contribution < -0.4 is 5.32 Å². The van der Waals surface area contributed by atoms with Crippen molar-refractivity contribution in [1.82, 2.24) is 5.32 Å². The lowest BCUT2D eigenvalue weighted by Crippen LogP contribution is -2.25. The molecule has 1 amide bonds. The first kappa shape index (κ1) is 11.9. The van der Waals surface area contributed by atoms with E-state index in [0.29, 0.717) is 12.1 Å². The van der Waals surface area contributed by atoms with E-state index in [-0.39, 0.29) is 11.7 Å². The van der Waals surface area contributed by atoms with E-state index in [2.05, 4.69) is 5.32 Å². The van der Waals surface area contributed by atoms with Crippen molar-refractivity contribution in [2.24, 2.45) is 0 Å². The van der Waals surface area contributed by atoms with Crippen molar-refractivity contribution in [3.05, 3.63) is 29.3 Å². The first-order valence-corrected chi connectivity index (χ1v) is 6.11. The number of phenols is 1. The number of hydrogen-bond acceptors (Lipinski definition) is 3. The number of hydrogen-bond donors (Lipinski definition) is 2. The molecule has 3 nitrogen and oxygen atoms in total. The number of phenolic OH excluding ortho intramolecular Hbond substituents is 1. The van der Waals surface area contributed by atoms with Crippen molar-refractivity contribution in [2.45, 2.75) is 6.92 Å². The monoisotopic (exact) mass is 225 g/mol. The predicted molar refractivity (Wildman–Crippen MR) is 63.6 cm³/mol. The van der Waals surface area contributed by atoms with Gasteiger partial charge in [0, 0.05) is 17.9 Å². The van der Waals surface area contributed by atoms with Gasteiger partial charge in [-0.2, -0.15) is 11.8 Å². The molecule has 0 saturated carbocycles. The molecular weight excluding hydrogens is 210 g/mol. The van der Waals surface area contributed by atoms with Gasteiger partial charge in [-0.3, -0.25) is 4.79 Å². The molecule has 0 bridgehead atoms. The fraction of sp³-hybridized carbons (Fsp3) is 0.364. The van der Waals surface area contributed by atoms with Crippen LogP contribution in [0.15, 0.2) is 18.2 Å². The van der Waals surface area contributed by atoms with Gasteiger partial charge in [-0.25, -0.2) is 0 Å². The molecule has 0 saturated heterocycles. The summed E-state index contributed by atoms with van der Waals surface area (Å²) in [6.07, 6.45) is 1.99. The van der Waals surface area contributed by atoms with E-state index in [1.807, 2.05) is 6.26 Å². The largest absolute Gasteiger partial charge is 0.508 e. The lowest BCUT2D eigenvalue weighted by atomic mass is 10.1. The highest BCUT2D eigenvalue weighted by molar-refractivity contribution is 7.98. The summed E-state index contributed by atoms with van der Waals surface area (Å²) in [4.78, 5) is 11.6. The number of carbonyl (C=O) groups is 1. The van der Waals surface area contributed by atoms with Crippen molar-refractivity contribution in [1.29, 1.82) is 0 Å². The van der Waals surface area contributed by atoms with Crippen LogP contribution >= 0.6 is 11.8 Å². The molecule has 1 rings (SSSR count). The maximum atomic E-state index is 11.6. The lowest BCUT2D eigenvalue weighted by molar-refractivity contribution is 0.0956. The fourth-order valence-corrected chi connectivity index (χ4v) is 1.43. The highest BCUT2D eigenvalue weighted by Gasteiger charge is 2.06. The third kappa shape index (κ3) is 3.47. The van der Waals surface area contributed by atoms with Gasteiger partial charge in [0.05, 0.1) is 0 Å². The molecule has 0 unspecified atom stereocenters. The molecule has 15 heavy (non-hydrogen) atoms. The van der Waals surface area contributed by atoms with Gasteiger partial charge in [0.25, 0.3) is 5.91 Å². The molecule has 0 fully saturated rings. The topological polar surface area (TPSA) is 49.3 Å². The van der Waals surface area contributed by atoms with Crippen LogP contribution in [0.3, 0.4) is 0 Å². The first-order chi connectivity index (χ1) is 7.15. The van der Waals surface area contributed by atoms with Crippen LogP contribution in [0.5, 0.6) is 5.75 Å². The molecule has 1 aromatic rings. The predicted octanol–water partition coefficient (Wildman–Crippen LogP) is 1.79. The zero-order valence-corrected chi connectivity index (χ0v) is 9.73. The number of aromatic hydroxyl groups is 1. The van der Waals surface area contributed by atoms with Crippen molar-refractivity contribution >= 4 is 17.7 Å². The van der Waals surface area contributed by atoms with E-state index in [1.54, 1.807) is 30.8 Å². The van der Waals surface area contributed by atoms with Crippen molar-refractivity contribution in [3.8, 4) is 5.75 Å². The second-order valence-corrected chi connectivity index (χ2v) is 4.24. The normalized spacial score (nSPS) is 10.0. The Hall–Kier alpha value is -1.16. The Morgan fingerprint density at radius 2 is 2.27 bits per heavy atom. The Balaban J connectivity index is 2.62. The van der Waals surface area contributed by atoms with E-state index >= 15 is 0 Å². The van der Waals surface area contributed by atoms with E-state index in [1.165, 1.54) is 6.07 Å². The summed E-state index contributed by atoms with van der Waals surface area (Å²) in [7, 11) is 0. The van der Waals surface area contributed by atoms with Gasteiger partial charge in [0.1, 0.15) is 5.75 Å². The van der Waals surface area contributed by atoms with Crippen molar-refractivity contribution in [3.63, 3.8) is 0 Å². The second-order valence-electron chi connectivity index (χ2n) is 3.25. The summed E-state index contributed by atoms with van der Waals surface area (Å²) in [6.45, 7) is 2.44. The molecule has 1 aromatic carbocycles. The molecule has 4 heteroatoms. The Kier molecular flexibility index (Phi) is 4.49. The van der Waals surface area contributed by atoms with Crippen LogP contribution in [0.2, 0.25) is 0 Å². The highest BCUT2D eigenvalue weighted by atomic mass is 32.2. The molecule has 82 valence electrons. The first-order valence-electron chi connectivity index (χ1n) is 4.72. The molecule has 2 N–H and O–H groups in total. The molecular formula is C11H15NO2S. The van der Waals surface area contributed by atoms with Crippen LogP contribution in [-0.2, 0) is 0 Å². The van der Waals surface area contributed by atoms with Gasteiger partial charge >= 0.3 is 0 Å². The SMILES string of the molecule is CSCCNC(=O)c1ccc(C)c(O)c1. The Bertz CT molecular complexity index is 352. The van der Waals surface area contributed by atoms with Gasteiger partial charge in [-0.05, 0) is 30.9 Å². The lowest BCUT2D eigenvalue weighted by Gasteiger charge is -2.05. The number of aryl methyl sites for hydroxylation is 1. The molecule has 0 heterocycles. The zero-order chi connectivity index (χ0) is 11.3. The summed E-state index contributed by atoms with van der Waals surface area (Å²) in [5.74, 6) is 0.913. The number of benzene rings is 1. The van der Waals surface area contributed by atoms with Crippen LogP contribution in [-0.4, -0.2) is 29.6 Å². The van der Waals surface area contributed by atoms with Crippen LogP contribution in [0.4, 0.5) is 0 Å². The summed E-state index contributed by atoms with van der Waals surface area (Å²) in [5, 5.41) is 12.2. The van der Waals surface area contributed by atoms with Crippen LogP contribution in [0, 0.1) is 6.92 Å². The number of amides is 1. The molecule has 0 radical (unpaired) electrons. The number of nitrogens with one attached hydrogen (secondary N) is 1. The van der Waals surface area contributed by atoms with Crippen molar-refractivity contribution in [2.75, 3.05) is 18.6 Å². The summed E-state index contributed by atoms with van der Waals surface area (Å²) in [5.41, 5.74) is 1.27. The summed E-state index contributed by atoms with van der Waals surface area (Å²) in [6, 6.07) is 4.94. The van der Waals surface area contributed by atoms with Gasteiger partial charge in [0.15, 0.2) is 0 Å². The number of thioether (sulfide) groups is 1. The minimum Gasteiger partial charge on any atom is -0.508 e. The van der Waals surface area contributed by atoms with Crippen molar-refractivity contribution < 1.29 is 9.90 Å². The number of rotatable bonds is 4. The second kappa shape index (κ2) is 5.66. The maximum Gasteiger partial charge on any atom is 0.251 e. The Morgan fingerprint density at radius 1 is 1.53 bits per heavy atom. The number of carbonyl (C=O) groups excluding carboxylic acids is 1. The van der Waals surface area contributed by atoms with Crippen LogP contribution in [0.25, 0.3) is 0 Å². The maximum absolute atomic E-state index is 11.6. The highest BCUT2D eigenvalue weighted by Crippen LogP contribution is 2.17. The average Bonchev–Trinajstić information content (AvgIpc) is 2.22. The smallest absolute Gasteiger partial charge is 0.251 e. The summed E-state index contributed by atoms with van der Waals surface area (Å²) >= 11 is 1.68. The molecule has 0 aliphatic heterocycles. The van der Waals surface area contributed by atoms with Gasteiger partial charge in [-0.1, -0.05) is 6.07 Å². The van der Waals surface area contributed by atoms with Gasteiger partial charge < -0.3 is 10.4 Å². The van der Waals surface area contributed by atoms with E-state index in [9.17, 15) is 9.90 Å². The molecule has 0 atom stereocenters. The standard InChI is InChI=1S/C11H15NO2S/c1-8-3-4-9(7-10(8)13)11(14)12-5-6-15-2/h3-4,7,13H,5-6H2,1-2H3,(H,12,14). The molecule has 0 aromatic heterocycles. The minimum absolute atomic E-state index is 0.139. The van der Waals surface area contributed by atoms with Crippen LogP contribution in [0.1, 0.15) is 15.9 Å². The van der Waals surface area contributed by atoms with Gasteiger partial charge in [0.2, 0.25) is 0 Å². The zero-order valence-electron chi connectivity index (χ0n) is 8.91.